The average Bonchev–Trinajstić information content (AvgIpc) is 2.69. The second kappa shape index (κ2) is 7.09. The number of aromatic amines is 1. The third-order valence-electron chi connectivity index (χ3n) is 5.54. The number of hydrogen-bond donors (Lipinski definition) is 1. The van der Waals surface area contributed by atoms with Crippen molar-refractivity contribution in [1.82, 2.24) is 14.9 Å². The van der Waals surface area contributed by atoms with Crippen LogP contribution in [0.5, 0.6) is 0 Å². The number of nitrogens with one attached hydrogen (secondary N) is 1. The predicted octanol–water partition coefficient (Wildman–Crippen LogP) is 0.853. The number of H-pyrrole nitrogens is 1. The second-order valence-electron chi connectivity index (χ2n) is 7.33. The van der Waals surface area contributed by atoms with Gasteiger partial charge in [0.05, 0.1) is 15.8 Å². The number of rotatable bonds is 3. The topological polar surface area (TPSA) is 86.4 Å². The van der Waals surface area contributed by atoms with Crippen molar-refractivity contribution in [2.24, 2.45) is 0 Å². The van der Waals surface area contributed by atoms with Gasteiger partial charge >= 0.3 is 0 Å². The number of piperazine rings is 1. The summed E-state index contributed by atoms with van der Waals surface area (Å²) in [7, 11) is -1.38. The number of fused-ring (bicyclic) bond motifs is 1. The standard InChI is InChI=1S/C19H24N4O3S/c1-22-9-11-23(12-10-22)19-20-17-8-7-15(13-16(17)18(24)21-19)27(25,26)14-5-3-2-4-6-14/h2-6,15H,7-13H2,1H3,(H,20,21,24). The van der Waals surface area contributed by atoms with Crippen LogP contribution in [-0.4, -0.2) is 61.8 Å². The van der Waals surface area contributed by atoms with Gasteiger partial charge in [-0.3, -0.25) is 9.78 Å². The zero-order valence-corrected chi connectivity index (χ0v) is 16.2. The minimum Gasteiger partial charge on any atom is -0.340 e. The average molecular weight is 388 g/mol. The number of likely N-dealkylation sites (N-methyl/N-ethyl adjacent to an activating group) is 1. The SMILES string of the molecule is CN1CCN(c2nc3c(c(=O)[nH]2)CC(S(=O)(=O)c2ccccc2)CC3)CC1. The minimum absolute atomic E-state index is 0.207. The molecule has 0 spiro atoms. The molecular weight excluding hydrogens is 364 g/mol. The van der Waals surface area contributed by atoms with E-state index in [9.17, 15) is 13.2 Å². The van der Waals surface area contributed by atoms with Crippen molar-refractivity contribution < 1.29 is 8.42 Å². The highest BCUT2D eigenvalue weighted by Crippen LogP contribution is 2.27. The second-order valence-corrected chi connectivity index (χ2v) is 9.56. The van der Waals surface area contributed by atoms with Crippen LogP contribution in [0.1, 0.15) is 17.7 Å². The molecule has 1 unspecified atom stereocenters. The summed E-state index contributed by atoms with van der Waals surface area (Å²) in [5, 5.41) is -0.579. The Kier molecular flexibility index (Phi) is 4.77. The van der Waals surface area contributed by atoms with E-state index in [-0.39, 0.29) is 12.0 Å². The first-order valence-electron chi connectivity index (χ1n) is 9.29. The Morgan fingerprint density at radius 2 is 1.81 bits per heavy atom. The van der Waals surface area contributed by atoms with Gasteiger partial charge in [-0.25, -0.2) is 13.4 Å². The molecule has 1 aliphatic carbocycles. The van der Waals surface area contributed by atoms with E-state index in [4.69, 9.17) is 0 Å². The highest BCUT2D eigenvalue weighted by Gasteiger charge is 2.33. The normalized spacial score (nSPS) is 21.1. The van der Waals surface area contributed by atoms with Gasteiger partial charge in [0, 0.05) is 31.7 Å². The van der Waals surface area contributed by atoms with Crippen molar-refractivity contribution in [3.8, 4) is 0 Å². The maximum Gasteiger partial charge on any atom is 0.255 e. The number of aromatic nitrogens is 2. The van der Waals surface area contributed by atoms with E-state index in [0.29, 0.717) is 29.2 Å². The number of aryl methyl sites for hydroxylation is 1. The summed E-state index contributed by atoms with van der Waals surface area (Å²) >= 11 is 0. The fourth-order valence-corrected chi connectivity index (χ4v) is 5.55. The van der Waals surface area contributed by atoms with E-state index in [2.05, 4.69) is 26.8 Å². The Morgan fingerprint density at radius 1 is 1.11 bits per heavy atom. The molecule has 0 radical (unpaired) electrons. The van der Waals surface area contributed by atoms with Crippen molar-refractivity contribution in [2.75, 3.05) is 38.1 Å². The van der Waals surface area contributed by atoms with Gasteiger partial charge in [-0.1, -0.05) is 18.2 Å². The minimum atomic E-state index is -3.45. The first-order chi connectivity index (χ1) is 12.9. The van der Waals surface area contributed by atoms with Crippen LogP contribution in [0.25, 0.3) is 0 Å². The fraction of sp³-hybridized carbons (Fsp3) is 0.474. The fourth-order valence-electron chi connectivity index (χ4n) is 3.81. The lowest BCUT2D eigenvalue weighted by molar-refractivity contribution is 0.311. The molecule has 1 fully saturated rings. The van der Waals surface area contributed by atoms with Gasteiger partial charge in [0.15, 0.2) is 9.84 Å². The maximum atomic E-state index is 12.9. The zero-order chi connectivity index (χ0) is 19.0. The maximum absolute atomic E-state index is 12.9. The number of benzene rings is 1. The quantitative estimate of drug-likeness (QED) is 0.839. The highest BCUT2D eigenvalue weighted by atomic mass is 32.2. The molecule has 1 N–H and O–H groups in total. The van der Waals surface area contributed by atoms with Crippen LogP contribution in [0.4, 0.5) is 5.95 Å². The summed E-state index contributed by atoms with van der Waals surface area (Å²) in [6.45, 7) is 3.50. The van der Waals surface area contributed by atoms with Crippen molar-refractivity contribution in [1.29, 1.82) is 0 Å². The summed E-state index contributed by atoms with van der Waals surface area (Å²) < 4.78 is 25.8. The Hall–Kier alpha value is -2.19. The van der Waals surface area contributed by atoms with Gasteiger partial charge in [-0.15, -0.1) is 0 Å². The molecule has 8 heteroatoms. The molecule has 1 aliphatic heterocycles. The molecule has 0 saturated carbocycles. The van der Waals surface area contributed by atoms with Gasteiger partial charge in [-0.2, -0.15) is 0 Å². The van der Waals surface area contributed by atoms with Crippen LogP contribution in [0.15, 0.2) is 40.0 Å². The van der Waals surface area contributed by atoms with Crippen LogP contribution < -0.4 is 10.5 Å². The van der Waals surface area contributed by atoms with Crippen molar-refractivity contribution in [2.45, 2.75) is 29.4 Å². The molecule has 0 amide bonds. The Bertz CT molecular complexity index is 980. The molecule has 2 heterocycles. The summed E-state index contributed by atoms with van der Waals surface area (Å²) in [6.07, 6.45) is 1.22. The van der Waals surface area contributed by atoms with Crippen molar-refractivity contribution >= 4 is 15.8 Å². The third-order valence-corrected chi connectivity index (χ3v) is 7.75. The molecule has 1 aromatic heterocycles. The molecule has 0 bridgehead atoms. The molecule has 144 valence electrons. The van der Waals surface area contributed by atoms with Crippen LogP contribution >= 0.6 is 0 Å². The van der Waals surface area contributed by atoms with E-state index >= 15 is 0 Å². The Morgan fingerprint density at radius 3 is 2.52 bits per heavy atom. The lowest BCUT2D eigenvalue weighted by Crippen LogP contribution is -2.46. The lowest BCUT2D eigenvalue weighted by atomic mass is 9.97. The lowest BCUT2D eigenvalue weighted by Gasteiger charge is -2.33. The van der Waals surface area contributed by atoms with E-state index in [0.717, 1.165) is 31.9 Å². The van der Waals surface area contributed by atoms with Gasteiger partial charge in [-0.05, 0) is 38.4 Å². The molecule has 7 nitrogen and oxygen atoms in total. The van der Waals surface area contributed by atoms with E-state index < -0.39 is 15.1 Å². The van der Waals surface area contributed by atoms with Gasteiger partial charge < -0.3 is 9.80 Å². The van der Waals surface area contributed by atoms with E-state index in [1.54, 1.807) is 30.3 Å². The van der Waals surface area contributed by atoms with Gasteiger partial charge in [0.1, 0.15) is 0 Å². The molecule has 1 atom stereocenters. The van der Waals surface area contributed by atoms with Gasteiger partial charge in [0.2, 0.25) is 5.95 Å². The largest absolute Gasteiger partial charge is 0.340 e. The number of nitrogens with zero attached hydrogens (tertiary/aromatic N) is 3. The first-order valence-corrected chi connectivity index (χ1v) is 10.8. The summed E-state index contributed by atoms with van der Waals surface area (Å²) in [4.78, 5) is 24.9. The molecular formula is C19H24N4O3S. The van der Waals surface area contributed by atoms with Crippen molar-refractivity contribution in [3.63, 3.8) is 0 Å². The van der Waals surface area contributed by atoms with Crippen molar-refractivity contribution in [3.05, 3.63) is 51.9 Å². The first kappa shape index (κ1) is 18.2. The predicted molar refractivity (Wildman–Crippen MR) is 104 cm³/mol. The monoisotopic (exact) mass is 388 g/mol. The Balaban J connectivity index is 1.60. The van der Waals surface area contributed by atoms with Crippen LogP contribution in [0.3, 0.4) is 0 Å². The van der Waals surface area contributed by atoms with E-state index in [1.807, 2.05) is 0 Å². The summed E-state index contributed by atoms with van der Waals surface area (Å²) in [5.41, 5.74) is 1.05. The third kappa shape index (κ3) is 3.51. The highest BCUT2D eigenvalue weighted by molar-refractivity contribution is 7.92. The molecule has 1 aromatic carbocycles. The van der Waals surface area contributed by atoms with E-state index in [1.165, 1.54) is 0 Å². The molecule has 2 aromatic rings. The van der Waals surface area contributed by atoms with Crippen LogP contribution in [-0.2, 0) is 22.7 Å². The molecule has 4 rings (SSSR count). The number of anilines is 1. The molecule has 1 saturated heterocycles. The van der Waals surface area contributed by atoms with Gasteiger partial charge in [0.25, 0.3) is 5.56 Å². The summed E-state index contributed by atoms with van der Waals surface area (Å²) in [6, 6.07) is 8.47. The van der Waals surface area contributed by atoms with Crippen LogP contribution in [0.2, 0.25) is 0 Å². The zero-order valence-electron chi connectivity index (χ0n) is 15.4. The smallest absolute Gasteiger partial charge is 0.255 e. The van der Waals surface area contributed by atoms with Crippen LogP contribution in [0, 0.1) is 0 Å². The summed E-state index contributed by atoms with van der Waals surface area (Å²) in [5.74, 6) is 0.608. The molecule has 27 heavy (non-hydrogen) atoms. The molecule has 2 aliphatic rings. The number of hydrogen-bond acceptors (Lipinski definition) is 6. The Labute approximate surface area is 159 Å². The number of sulfone groups is 1.